The Kier molecular flexibility index (Phi) is 5.43. The van der Waals surface area contributed by atoms with E-state index in [1.807, 2.05) is 0 Å². The minimum atomic E-state index is -0.162. The summed E-state index contributed by atoms with van der Waals surface area (Å²) in [7, 11) is 0. The summed E-state index contributed by atoms with van der Waals surface area (Å²) in [5.41, 5.74) is 0.778. The maximum Gasteiger partial charge on any atom is 0.272 e. The van der Waals surface area contributed by atoms with Crippen LogP contribution in [0.5, 0.6) is 0 Å². The third-order valence-electron chi connectivity index (χ3n) is 4.93. The Labute approximate surface area is 163 Å². The highest BCUT2D eigenvalue weighted by Gasteiger charge is 2.25. The molecule has 0 saturated carbocycles. The molecule has 2 aromatic heterocycles. The topological polar surface area (TPSA) is 91.8 Å². The number of ether oxygens (including phenoxy) is 1. The third kappa shape index (κ3) is 3.94. The fourth-order valence-electron chi connectivity index (χ4n) is 3.36. The summed E-state index contributed by atoms with van der Waals surface area (Å²) < 4.78 is 5.29. The van der Waals surface area contributed by atoms with Gasteiger partial charge in [0.1, 0.15) is 5.69 Å². The number of carbonyl (C=O) groups excluding carboxylic acids is 2. The molecule has 2 aromatic rings. The minimum Gasteiger partial charge on any atom is -0.378 e. The Hall–Kier alpha value is -3.07. The van der Waals surface area contributed by atoms with Crippen LogP contribution in [0.15, 0.2) is 36.8 Å². The number of rotatable bonds is 3. The molecule has 2 aliphatic heterocycles. The average molecular weight is 382 g/mol. The highest BCUT2D eigenvalue weighted by molar-refractivity contribution is 5.98. The molecule has 0 atom stereocenters. The molecule has 0 spiro atoms. The molecule has 2 amide bonds. The first kappa shape index (κ1) is 18.3. The number of hydrogen-bond acceptors (Lipinski definition) is 7. The van der Waals surface area contributed by atoms with E-state index in [0.29, 0.717) is 69.7 Å². The van der Waals surface area contributed by atoms with Gasteiger partial charge >= 0.3 is 0 Å². The molecule has 28 heavy (non-hydrogen) atoms. The number of carbonyl (C=O) groups is 2. The number of anilines is 1. The fraction of sp³-hybridized carbons (Fsp3) is 0.421. The molecule has 0 N–H and O–H groups in total. The van der Waals surface area contributed by atoms with Gasteiger partial charge in [-0.15, -0.1) is 0 Å². The van der Waals surface area contributed by atoms with Crippen molar-refractivity contribution >= 4 is 17.8 Å². The van der Waals surface area contributed by atoms with Gasteiger partial charge in [0.05, 0.1) is 13.2 Å². The summed E-state index contributed by atoms with van der Waals surface area (Å²) in [6.45, 7) is 4.63. The van der Waals surface area contributed by atoms with Crippen LogP contribution < -0.4 is 4.90 Å². The molecule has 2 aliphatic rings. The van der Waals surface area contributed by atoms with E-state index < -0.39 is 0 Å². The van der Waals surface area contributed by atoms with Crippen molar-refractivity contribution in [3.8, 4) is 0 Å². The summed E-state index contributed by atoms with van der Waals surface area (Å²) in [5.74, 6) is 0.418. The Morgan fingerprint density at radius 1 is 0.821 bits per heavy atom. The van der Waals surface area contributed by atoms with Gasteiger partial charge in [-0.25, -0.2) is 9.97 Å². The molecule has 2 fully saturated rings. The fourth-order valence-corrected chi connectivity index (χ4v) is 3.36. The molecule has 0 aromatic carbocycles. The lowest BCUT2D eigenvalue weighted by Gasteiger charge is -2.34. The zero-order valence-electron chi connectivity index (χ0n) is 15.5. The second-order valence-electron chi connectivity index (χ2n) is 6.66. The summed E-state index contributed by atoms with van der Waals surface area (Å²) in [6.07, 6.45) is 4.94. The Balaban J connectivity index is 1.40. The van der Waals surface area contributed by atoms with Crippen LogP contribution in [0, 0.1) is 0 Å². The van der Waals surface area contributed by atoms with Gasteiger partial charge in [0.15, 0.2) is 0 Å². The predicted molar refractivity (Wildman–Crippen MR) is 101 cm³/mol. The second kappa shape index (κ2) is 8.30. The van der Waals surface area contributed by atoms with E-state index in [-0.39, 0.29) is 11.8 Å². The van der Waals surface area contributed by atoms with Gasteiger partial charge in [0, 0.05) is 63.4 Å². The zero-order chi connectivity index (χ0) is 19.3. The summed E-state index contributed by atoms with van der Waals surface area (Å²) in [4.78, 5) is 43.8. The van der Waals surface area contributed by atoms with Crippen LogP contribution in [0.3, 0.4) is 0 Å². The van der Waals surface area contributed by atoms with Crippen LogP contribution >= 0.6 is 0 Å². The van der Waals surface area contributed by atoms with E-state index in [0.717, 1.165) is 0 Å². The number of piperazine rings is 1. The Morgan fingerprint density at radius 3 is 2.21 bits per heavy atom. The molecular formula is C19H22N6O3. The second-order valence-corrected chi connectivity index (χ2v) is 6.66. The molecule has 0 unspecified atom stereocenters. The van der Waals surface area contributed by atoms with E-state index >= 15 is 0 Å². The molecule has 2 saturated heterocycles. The van der Waals surface area contributed by atoms with Crippen LogP contribution in [0.4, 0.5) is 5.95 Å². The van der Waals surface area contributed by atoms with Gasteiger partial charge in [-0.3, -0.25) is 14.6 Å². The summed E-state index contributed by atoms with van der Waals surface area (Å²) >= 11 is 0. The predicted octanol–water partition coefficient (Wildman–Crippen LogP) is 0.306. The first-order valence-electron chi connectivity index (χ1n) is 9.37. The molecule has 4 heterocycles. The van der Waals surface area contributed by atoms with E-state index in [4.69, 9.17) is 4.74 Å². The van der Waals surface area contributed by atoms with Gasteiger partial charge in [-0.05, 0) is 18.2 Å². The monoisotopic (exact) mass is 382 g/mol. The van der Waals surface area contributed by atoms with Crippen molar-refractivity contribution in [2.45, 2.75) is 0 Å². The minimum absolute atomic E-state index is 0.0919. The van der Waals surface area contributed by atoms with Crippen LogP contribution in [0.2, 0.25) is 0 Å². The van der Waals surface area contributed by atoms with Crippen molar-refractivity contribution in [2.75, 3.05) is 57.4 Å². The molecule has 0 radical (unpaired) electrons. The van der Waals surface area contributed by atoms with Crippen LogP contribution in [-0.4, -0.2) is 89.0 Å². The molecule has 4 rings (SSSR count). The van der Waals surface area contributed by atoms with E-state index in [2.05, 4.69) is 19.9 Å². The lowest BCUT2D eigenvalue weighted by molar-refractivity contribution is 0.0303. The van der Waals surface area contributed by atoms with Gasteiger partial charge in [0.2, 0.25) is 5.95 Å². The van der Waals surface area contributed by atoms with E-state index in [1.165, 1.54) is 6.20 Å². The van der Waals surface area contributed by atoms with Crippen molar-refractivity contribution in [3.63, 3.8) is 0 Å². The van der Waals surface area contributed by atoms with Crippen LogP contribution in [0.25, 0.3) is 0 Å². The first-order valence-corrected chi connectivity index (χ1v) is 9.37. The van der Waals surface area contributed by atoms with Crippen LogP contribution in [-0.2, 0) is 4.74 Å². The summed E-state index contributed by atoms with van der Waals surface area (Å²) in [5, 5.41) is 0. The number of aromatic nitrogens is 3. The maximum absolute atomic E-state index is 12.9. The standard InChI is InChI=1S/C19H22N6O3/c26-17(24-10-12-28-13-11-24)15-2-5-20-16(14-15)18(27)23-6-8-25(9-7-23)19-21-3-1-4-22-19/h1-5,14H,6-13H2. The van der Waals surface area contributed by atoms with Crippen molar-refractivity contribution in [1.29, 1.82) is 0 Å². The highest BCUT2D eigenvalue weighted by atomic mass is 16.5. The number of morpholine rings is 1. The maximum atomic E-state index is 12.9. The lowest BCUT2D eigenvalue weighted by atomic mass is 10.1. The van der Waals surface area contributed by atoms with Crippen molar-refractivity contribution in [2.24, 2.45) is 0 Å². The normalized spacial score (nSPS) is 17.5. The molecule has 9 nitrogen and oxygen atoms in total. The number of amides is 2. The Bertz CT molecular complexity index is 833. The first-order chi connectivity index (χ1) is 13.7. The lowest BCUT2D eigenvalue weighted by Crippen LogP contribution is -2.49. The highest BCUT2D eigenvalue weighted by Crippen LogP contribution is 2.14. The van der Waals surface area contributed by atoms with Gasteiger partial charge < -0.3 is 19.4 Å². The molecule has 0 bridgehead atoms. The molecule has 146 valence electrons. The van der Waals surface area contributed by atoms with Crippen molar-refractivity contribution < 1.29 is 14.3 Å². The molecular weight excluding hydrogens is 360 g/mol. The number of nitrogens with zero attached hydrogens (tertiary/aromatic N) is 6. The van der Waals surface area contributed by atoms with Crippen molar-refractivity contribution in [3.05, 3.63) is 48.0 Å². The third-order valence-corrected chi connectivity index (χ3v) is 4.93. The van der Waals surface area contributed by atoms with Gasteiger partial charge in [-0.2, -0.15) is 0 Å². The smallest absolute Gasteiger partial charge is 0.272 e. The SMILES string of the molecule is O=C(c1ccnc(C(=O)N2CCN(c3ncccn3)CC2)c1)N1CCOCC1. The van der Waals surface area contributed by atoms with E-state index in [9.17, 15) is 9.59 Å². The number of pyridine rings is 1. The van der Waals surface area contributed by atoms with Crippen molar-refractivity contribution in [1.82, 2.24) is 24.8 Å². The van der Waals surface area contributed by atoms with E-state index in [1.54, 1.807) is 40.4 Å². The van der Waals surface area contributed by atoms with Gasteiger partial charge in [-0.1, -0.05) is 0 Å². The largest absolute Gasteiger partial charge is 0.378 e. The van der Waals surface area contributed by atoms with Gasteiger partial charge in [0.25, 0.3) is 11.8 Å². The zero-order valence-corrected chi connectivity index (χ0v) is 15.5. The number of hydrogen-bond donors (Lipinski definition) is 0. The summed E-state index contributed by atoms with van der Waals surface area (Å²) in [6, 6.07) is 5.02. The molecule has 9 heteroatoms. The Morgan fingerprint density at radius 2 is 1.50 bits per heavy atom. The quantitative estimate of drug-likeness (QED) is 0.754. The van der Waals surface area contributed by atoms with Crippen LogP contribution in [0.1, 0.15) is 20.8 Å². The molecule has 0 aliphatic carbocycles. The average Bonchev–Trinajstić information content (AvgIpc) is 2.79.